The quantitative estimate of drug-likeness (QED) is 0.566. The number of nitrogens with zero attached hydrogens (tertiary/aromatic N) is 3. The molecule has 0 aliphatic carbocycles. The van der Waals surface area contributed by atoms with Crippen molar-refractivity contribution >= 4 is 27.5 Å². The predicted octanol–water partition coefficient (Wildman–Crippen LogP) is 3.76. The van der Waals surface area contributed by atoms with Crippen molar-refractivity contribution in [3.05, 3.63) is 53.3 Å². The largest absolute Gasteiger partial charge is 0.353 e. The monoisotopic (exact) mass is 439 g/mol. The molecule has 160 valence electrons. The maximum Gasteiger partial charge on any atom is 0.243 e. The average Bonchev–Trinajstić information content (AvgIpc) is 3.05. The Labute approximate surface area is 179 Å². The van der Waals surface area contributed by atoms with Gasteiger partial charge in [0.25, 0.3) is 0 Å². The average molecular weight is 440 g/mol. The van der Waals surface area contributed by atoms with Crippen LogP contribution in [0.15, 0.2) is 47.5 Å². The van der Waals surface area contributed by atoms with E-state index in [4.69, 9.17) is 11.6 Å². The highest BCUT2D eigenvalue weighted by Crippen LogP contribution is 2.19. The van der Waals surface area contributed by atoms with Gasteiger partial charge in [-0.25, -0.2) is 8.42 Å². The van der Waals surface area contributed by atoms with E-state index >= 15 is 0 Å². The van der Waals surface area contributed by atoms with Crippen molar-refractivity contribution < 1.29 is 13.2 Å². The van der Waals surface area contributed by atoms with Gasteiger partial charge in [-0.2, -0.15) is 4.31 Å². The molecule has 0 saturated carbocycles. The molecule has 2 aromatic rings. The second-order valence-corrected chi connectivity index (χ2v) is 9.95. The third-order valence-electron chi connectivity index (χ3n) is 4.58. The third-order valence-corrected chi connectivity index (χ3v) is 6.69. The number of aryl methyl sites for hydroxylation is 1. The maximum atomic E-state index is 13.1. The number of rotatable bonds is 10. The van der Waals surface area contributed by atoms with Crippen molar-refractivity contribution in [3.8, 4) is 0 Å². The molecule has 2 rings (SSSR count). The van der Waals surface area contributed by atoms with Gasteiger partial charge in [-0.3, -0.25) is 4.79 Å². The van der Waals surface area contributed by atoms with Crippen LogP contribution in [0.2, 0.25) is 5.02 Å². The molecule has 1 amide bonds. The minimum Gasteiger partial charge on any atom is -0.353 e. The highest BCUT2D eigenvalue weighted by molar-refractivity contribution is 7.89. The molecule has 0 radical (unpaired) electrons. The minimum absolute atomic E-state index is 0.140. The zero-order valence-corrected chi connectivity index (χ0v) is 19.1. The normalized spacial score (nSPS) is 12.0. The van der Waals surface area contributed by atoms with E-state index in [0.29, 0.717) is 24.5 Å². The molecule has 1 aromatic carbocycles. The van der Waals surface area contributed by atoms with Gasteiger partial charge in [-0.1, -0.05) is 32.4 Å². The molecule has 0 aliphatic heterocycles. The van der Waals surface area contributed by atoms with Crippen molar-refractivity contribution in [3.63, 3.8) is 0 Å². The SMILES string of the molecule is CCCN(CC(=O)N(Cc1cccn1C)CC(C)C)S(=O)(=O)c1ccc(Cl)cc1. The second kappa shape index (κ2) is 10.3. The van der Waals surface area contributed by atoms with Gasteiger partial charge >= 0.3 is 0 Å². The molecule has 1 heterocycles. The first-order chi connectivity index (χ1) is 13.6. The Balaban J connectivity index is 2.24. The fraction of sp³-hybridized carbons (Fsp3) is 0.476. The van der Waals surface area contributed by atoms with Gasteiger partial charge in [0.1, 0.15) is 0 Å². The fourth-order valence-electron chi connectivity index (χ4n) is 3.09. The molecular weight excluding hydrogens is 410 g/mol. The first kappa shape index (κ1) is 23.4. The lowest BCUT2D eigenvalue weighted by atomic mass is 10.2. The summed E-state index contributed by atoms with van der Waals surface area (Å²) in [4.78, 5) is 15.0. The van der Waals surface area contributed by atoms with Crippen molar-refractivity contribution in [2.75, 3.05) is 19.6 Å². The van der Waals surface area contributed by atoms with E-state index in [9.17, 15) is 13.2 Å². The van der Waals surface area contributed by atoms with E-state index in [0.717, 1.165) is 5.69 Å². The van der Waals surface area contributed by atoms with Gasteiger partial charge in [0.15, 0.2) is 0 Å². The molecule has 0 N–H and O–H groups in total. The number of hydrogen-bond donors (Lipinski definition) is 0. The molecule has 0 saturated heterocycles. The first-order valence-electron chi connectivity index (χ1n) is 9.78. The first-order valence-corrected chi connectivity index (χ1v) is 11.6. The van der Waals surface area contributed by atoms with Crippen LogP contribution in [0, 0.1) is 5.92 Å². The Morgan fingerprint density at radius 2 is 1.83 bits per heavy atom. The molecule has 0 atom stereocenters. The Morgan fingerprint density at radius 3 is 2.34 bits per heavy atom. The maximum absolute atomic E-state index is 13.1. The zero-order chi connectivity index (χ0) is 21.6. The third kappa shape index (κ3) is 6.32. The number of carbonyl (C=O) groups is 1. The molecule has 0 fully saturated rings. The zero-order valence-electron chi connectivity index (χ0n) is 17.5. The number of benzene rings is 1. The molecular formula is C21H30ClN3O3S. The van der Waals surface area contributed by atoms with Gasteiger partial charge in [0.05, 0.1) is 18.0 Å². The topological polar surface area (TPSA) is 62.6 Å². The van der Waals surface area contributed by atoms with Gasteiger partial charge in [0, 0.05) is 37.1 Å². The highest BCUT2D eigenvalue weighted by atomic mass is 35.5. The fourth-order valence-corrected chi connectivity index (χ4v) is 4.70. The summed E-state index contributed by atoms with van der Waals surface area (Å²) >= 11 is 5.89. The van der Waals surface area contributed by atoms with Crippen LogP contribution in [0.4, 0.5) is 0 Å². The summed E-state index contributed by atoms with van der Waals surface area (Å²) in [6.45, 7) is 7.07. The van der Waals surface area contributed by atoms with Gasteiger partial charge < -0.3 is 9.47 Å². The van der Waals surface area contributed by atoms with Crippen LogP contribution in [0.1, 0.15) is 32.9 Å². The van der Waals surface area contributed by atoms with E-state index in [1.54, 1.807) is 17.0 Å². The van der Waals surface area contributed by atoms with Crippen LogP contribution >= 0.6 is 11.6 Å². The van der Waals surface area contributed by atoms with E-state index in [1.807, 2.05) is 50.7 Å². The van der Waals surface area contributed by atoms with Crippen LogP contribution < -0.4 is 0 Å². The van der Waals surface area contributed by atoms with Gasteiger partial charge in [-0.15, -0.1) is 0 Å². The van der Waals surface area contributed by atoms with E-state index < -0.39 is 10.0 Å². The number of hydrogen-bond acceptors (Lipinski definition) is 3. The lowest BCUT2D eigenvalue weighted by Crippen LogP contribution is -2.44. The molecule has 0 aliphatic rings. The second-order valence-electron chi connectivity index (χ2n) is 7.57. The Morgan fingerprint density at radius 1 is 1.17 bits per heavy atom. The van der Waals surface area contributed by atoms with Crippen molar-refractivity contribution in [2.45, 2.75) is 38.6 Å². The standard InChI is InChI=1S/C21H30ClN3O3S/c1-5-12-25(29(27,28)20-10-8-18(22)9-11-20)16-21(26)24(14-17(2)3)15-19-7-6-13-23(19)4/h6-11,13,17H,5,12,14-16H2,1-4H3. The predicted molar refractivity (Wildman–Crippen MR) is 116 cm³/mol. The minimum atomic E-state index is -3.79. The summed E-state index contributed by atoms with van der Waals surface area (Å²) < 4.78 is 29.4. The number of amides is 1. The molecule has 0 unspecified atom stereocenters. The van der Waals surface area contributed by atoms with Crippen LogP contribution in [-0.4, -0.2) is 47.7 Å². The number of carbonyl (C=O) groups excluding carboxylic acids is 1. The molecule has 1 aromatic heterocycles. The van der Waals surface area contributed by atoms with E-state index in [-0.39, 0.29) is 29.8 Å². The van der Waals surface area contributed by atoms with Crippen LogP contribution in [0.5, 0.6) is 0 Å². The number of aromatic nitrogens is 1. The molecule has 0 spiro atoms. The van der Waals surface area contributed by atoms with Gasteiger partial charge in [0.2, 0.25) is 15.9 Å². The van der Waals surface area contributed by atoms with Crippen molar-refractivity contribution in [1.29, 1.82) is 0 Å². The van der Waals surface area contributed by atoms with Crippen molar-refractivity contribution in [1.82, 2.24) is 13.8 Å². The molecule has 29 heavy (non-hydrogen) atoms. The Hall–Kier alpha value is -1.83. The molecule has 6 nitrogen and oxygen atoms in total. The summed E-state index contributed by atoms with van der Waals surface area (Å²) in [5.41, 5.74) is 1.00. The smallest absolute Gasteiger partial charge is 0.243 e. The van der Waals surface area contributed by atoms with Gasteiger partial charge in [-0.05, 0) is 48.7 Å². The summed E-state index contributed by atoms with van der Waals surface area (Å²) in [5.74, 6) is 0.0672. The molecule has 8 heteroatoms. The van der Waals surface area contributed by atoms with E-state index in [1.165, 1.54) is 16.4 Å². The lowest BCUT2D eigenvalue weighted by Gasteiger charge is -2.28. The lowest BCUT2D eigenvalue weighted by molar-refractivity contribution is -0.132. The summed E-state index contributed by atoms with van der Waals surface area (Å²) in [6, 6.07) is 9.93. The number of halogens is 1. The van der Waals surface area contributed by atoms with Crippen LogP contribution in [0.25, 0.3) is 0 Å². The number of sulfonamides is 1. The Bertz CT molecular complexity index is 908. The van der Waals surface area contributed by atoms with Crippen molar-refractivity contribution in [2.24, 2.45) is 13.0 Å². The summed E-state index contributed by atoms with van der Waals surface area (Å²) in [6.07, 6.45) is 2.55. The molecule has 0 bridgehead atoms. The summed E-state index contributed by atoms with van der Waals surface area (Å²) in [7, 11) is -1.85. The summed E-state index contributed by atoms with van der Waals surface area (Å²) in [5, 5.41) is 0.466. The van der Waals surface area contributed by atoms with Crippen LogP contribution in [0.3, 0.4) is 0 Å². The Kier molecular flexibility index (Phi) is 8.31. The van der Waals surface area contributed by atoms with Crippen LogP contribution in [-0.2, 0) is 28.4 Å². The highest BCUT2D eigenvalue weighted by Gasteiger charge is 2.28. The van der Waals surface area contributed by atoms with E-state index in [2.05, 4.69) is 0 Å².